The van der Waals surface area contributed by atoms with Crippen molar-refractivity contribution in [2.75, 3.05) is 0 Å². The lowest BCUT2D eigenvalue weighted by molar-refractivity contribution is -0.384. The SMILES string of the molecule is CCCC[C@@H](CCC(=O)NNC(=O)c1cccc([N+](=O)[O-])c1)C(=O)O. The van der Waals surface area contributed by atoms with E-state index in [1.165, 1.54) is 18.2 Å². The van der Waals surface area contributed by atoms with E-state index in [2.05, 4.69) is 10.9 Å². The first-order valence-electron chi connectivity index (χ1n) is 7.91. The molecule has 1 aromatic rings. The third kappa shape index (κ3) is 6.98. The lowest BCUT2D eigenvalue weighted by Gasteiger charge is -2.12. The number of nitro benzene ring substituents is 1. The molecular formula is C16H21N3O6. The summed E-state index contributed by atoms with van der Waals surface area (Å²) in [5.74, 6) is -2.76. The number of benzene rings is 1. The molecule has 0 aliphatic rings. The second-order valence-corrected chi connectivity index (χ2v) is 5.53. The van der Waals surface area contributed by atoms with Crippen molar-refractivity contribution < 1.29 is 24.4 Å². The van der Waals surface area contributed by atoms with Crippen LogP contribution in [0.3, 0.4) is 0 Å². The van der Waals surface area contributed by atoms with Gasteiger partial charge < -0.3 is 5.11 Å². The molecule has 0 saturated carbocycles. The highest BCUT2D eigenvalue weighted by Crippen LogP contribution is 2.15. The number of nitro groups is 1. The largest absolute Gasteiger partial charge is 0.481 e. The number of nitrogens with zero attached hydrogens (tertiary/aromatic N) is 1. The van der Waals surface area contributed by atoms with Crippen LogP contribution in [0.1, 0.15) is 49.4 Å². The van der Waals surface area contributed by atoms with Gasteiger partial charge in [0.25, 0.3) is 11.6 Å². The van der Waals surface area contributed by atoms with Crippen molar-refractivity contribution in [2.24, 2.45) is 5.92 Å². The maximum absolute atomic E-state index is 11.9. The Morgan fingerprint density at radius 3 is 2.56 bits per heavy atom. The topological polar surface area (TPSA) is 139 Å². The molecule has 25 heavy (non-hydrogen) atoms. The maximum Gasteiger partial charge on any atom is 0.306 e. The smallest absolute Gasteiger partial charge is 0.306 e. The molecule has 0 unspecified atom stereocenters. The zero-order chi connectivity index (χ0) is 18.8. The number of carbonyl (C=O) groups is 3. The van der Waals surface area contributed by atoms with E-state index in [1.807, 2.05) is 6.92 Å². The molecule has 1 atom stereocenters. The monoisotopic (exact) mass is 351 g/mol. The third-order valence-electron chi connectivity index (χ3n) is 3.61. The first-order valence-corrected chi connectivity index (χ1v) is 7.91. The van der Waals surface area contributed by atoms with Gasteiger partial charge in [-0.1, -0.05) is 25.8 Å². The molecular weight excluding hydrogens is 330 g/mol. The molecule has 0 spiro atoms. The lowest BCUT2D eigenvalue weighted by Crippen LogP contribution is -2.41. The van der Waals surface area contributed by atoms with Gasteiger partial charge in [-0.05, 0) is 18.9 Å². The number of non-ortho nitro benzene ring substituents is 1. The van der Waals surface area contributed by atoms with Crippen LogP contribution in [-0.2, 0) is 9.59 Å². The van der Waals surface area contributed by atoms with Gasteiger partial charge in [-0.2, -0.15) is 0 Å². The minimum absolute atomic E-state index is 0.0286. The van der Waals surface area contributed by atoms with E-state index in [9.17, 15) is 24.5 Å². The second kappa shape index (κ2) is 10.0. The van der Waals surface area contributed by atoms with Crippen LogP contribution < -0.4 is 10.9 Å². The number of carboxylic acids is 1. The summed E-state index contributed by atoms with van der Waals surface area (Å²) in [5.41, 5.74) is 4.12. The summed E-state index contributed by atoms with van der Waals surface area (Å²) in [5, 5.41) is 19.8. The van der Waals surface area contributed by atoms with Gasteiger partial charge in [-0.3, -0.25) is 35.3 Å². The van der Waals surface area contributed by atoms with Gasteiger partial charge in [0.05, 0.1) is 10.8 Å². The molecule has 9 nitrogen and oxygen atoms in total. The quantitative estimate of drug-likeness (QED) is 0.459. The molecule has 3 N–H and O–H groups in total. The number of rotatable bonds is 9. The predicted molar refractivity (Wildman–Crippen MR) is 88.6 cm³/mol. The number of nitrogens with one attached hydrogen (secondary N) is 2. The number of carbonyl (C=O) groups excluding carboxylic acids is 2. The zero-order valence-corrected chi connectivity index (χ0v) is 13.9. The highest BCUT2D eigenvalue weighted by atomic mass is 16.6. The van der Waals surface area contributed by atoms with Gasteiger partial charge >= 0.3 is 5.97 Å². The third-order valence-corrected chi connectivity index (χ3v) is 3.61. The van der Waals surface area contributed by atoms with E-state index in [-0.39, 0.29) is 24.1 Å². The molecule has 0 aliphatic heterocycles. The average Bonchev–Trinajstić information content (AvgIpc) is 2.59. The van der Waals surface area contributed by atoms with E-state index < -0.39 is 28.6 Å². The zero-order valence-electron chi connectivity index (χ0n) is 13.9. The number of amides is 2. The van der Waals surface area contributed by atoms with Gasteiger partial charge in [0, 0.05) is 24.1 Å². The Morgan fingerprint density at radius 1 is 1.24 bits per heavy atom. The summed E-state index contributed by atoms with van der Waals surface area (Å²) in [6, 6.07) is 5.07. The van der Waals surface area contributed by atoms with Crippen LogP contribution in [0.2, 0.25) is 0 Å². The van der Waals surface area contributed by atoms with Crippen molar-refractivity contribution in [2.45, 2.75) is 39.0 Å². The Kier molecular flexibility index (Phi) is 8.04. The molecule has 1 aromatic carbocycles. The molecule has 0 aliphatic carbocycles. The Bertz CT molecular complexity index is 647. The number of hydrogen-bond donors (Lipinski definition) is 3. The summed E-state index contributed by atoms with van der Waals surface area (Å²) >= 11 is 0. The van der Waals surface area contributed by atoms with Gasteiger partial charge in [0.15, 0.2) is 0 Å². The Hall–Kier alpha value is -2.97. The van der Waals surface area contributed by atoms with Gasteiger partial charge in [0.2, 0.25) is 5.91 Å². The summed E-state index contributed by atoms with van der Waals surface area (Å²) in [4.78, 5) is 44.7. The molecule has 0 saturated heterocycles. The molecule has 0 aromatic heterocycles. The van der Waals surface area contributed by atoms with Gasteiger partial charge in [-0.15, -0.1) is 0 Å². The van der Waals surface area contributed by atoms with Crippen LogP contribution in [-0.4, -0.2) is 27.8 Å². The molecule has 0 bridgehead atoms. The normalized spacial score (nSPS) is 11.4. The van der Waals surface area contributed by atoms with E-state index in [0.29, 0.717) is 6.42 Å². The average molecular weight is 351 g/mol. The summed E-state index contributed by atoms with van der Waals surface area (Å²) < 4.78 is 0. The fraction of sp³-hybridized carbons (Fsp3) is 0.438. The van der Waals surface area contributed by atoms with Crippen LogP contribution in [0.5, 0.6) is 0 Å². The van der Waals surface area contributed by atoms with Crippen molar-refractivity contribution in [3.8, 4) is 0 Å². The maximum atomic E-state index is 11.9. The van der Waals surface area contributed by atoms with E-state index in [0.717, 1.165) is 18.9 Å². The van der Waals surface area contributed by atoms with Crippen LogP contribution in [0.4, 0.5) is 5.69 Å². The summed E-state index contributed by atoms with van der Waals surface area (Å²) in [6.07, 6.45) is 2.26. The number of hydrazine groups is 1. The van der Waals surface area contributed by atoms with E-state index >= 15 is 0 Å². The molecule has 0 radical (unpaired) electrons. The lowest BCUT2D eigenvalue weighted by atomic mass is 9.97. The summed E-state index contributed by atoms with van der Waals surface area (Å²) in [7, 11) is 0. The highest BCUT2D eigenvalue weighted by molar-refractivity contribution is 5.95. The van der Waals surface area contributed by atoms with E-state index in [4.69, 9.17) is 5.11 Å². The van der Waals surface area contributed by atoms with Crippen molar-refractivity contribution in [3.05, 3.63) is 39.9 Å². The molecule has 0 heterocycles. The Balaban J connectivity index is 2.47. The summed E-state index contributed by atoms with van der Waals surface area (Å²) in [6.45, 7) is 1.95. The minimum atomic E-state index is -0.943. The minimum Gasteiger partial charge on any atom is -0.481 e. The Morgan fingerprint density at radius 2 is 1.96 bits per heavy atom. The fourth-order valence-corrected chi connectivity index (χ4v) is 2.17. The van der Waals surface area contributed by atoms with Crippen molar-refractivity contribution in [3.63, 3.8) is 0 Å². The fourth-order valence-electron chi connectivity index (χ4n) is 2.17. The number of unbranched alkanes of at least 4 members (excludes halogenated alkanes) is 1. The molecule has 1 rings (SSSR count). The molecule has 9 heteroatoms. The molecule has 2 amide bonds. The standard InChI is InChI=1S/C16H21N3O6/c1-2-3-5-11(16(22)23)8-9-14(20)17-18-15(21)12-6-4-7-13(10-12)19(24)25/h4,6-7,10-11H,2-3,5,8-9H2,1H3,(H,17,20)(H,18,21)(H,22,23)/t11-/m0/s1. The van der Waals surface area contributed by atoms with Crippen molar-refractivity contribution >= 4 is 23.5 Å². The number of carboxylic acid groups (broad SMARTS) is 1. The van der Waals surface area contributed by atoms with E-state index in [1.54, 1.807) is 0 Å². The van der Waals surface area contributed by atoms with Crippen molar-refractivity contribution in [1.82, 2.24) is 10.9 Å². The second-order valence-electron chi connectivity index (χ2n) is 5.53. The Labute approximate surface area is 144 Å². The van der Waals surface area contributed by atoms with Crippen LogP contribution in [0.25, 0.3) is 0 Å². The molecule has 0 fully saturated rings. The number of hydrogen-bond acceptors (Lipinski definition) is 5. The molecule has 136 valence electrons. The number of aliphatic carboxylic acids is 1. The van der Waals surface area contributed by atoms with Crippen LogP contribution in [0, 0.1) is 16.0 Å². The van der Waals surface area contributed by atoms with Crippen LogP contribution in [0.15, 0.2) is 24.3 Å². The predicted octanol–water partition coefficient (Wildman–Crippen LogP) is 2.03. The van der Waals surface area contributed by atoms with Gasteiger partial charge in [0.1, 0.15) is 0 Å². The first kappa shape index (κ1) is 20.1. The van der Waals surface area contributed by atoms with Gasteiger partial charge in [-0.25, -0.2) is 0 Å². The van der Waals surface area contributed by atoms with Crippen LogP contribution >= 0.6 is 0 Å². The highest BCUT2D eigenvalue weighted by Gasteiger charge is 2.18. The first-order chi connectivity index (χ1) is 11.8. The van der Waals surface area contributed by atoms with Crippen molar-refractivity contribution in [1.29, 1.82) is 0 Å².